The van der Waals surface area contributed by atoms with Gasteiger partial charge in [-0.2, -0.15) is 0 Å². The maximum atomic E-state index is 14.6. The van der Waals surface area contributed by atoms with Crippen molar-refractivity contribution in [2.45, 2.75) is 50.8 Å². The molecule has 0 spiro atoms. The molecule has 0 aliphatic carbocycles. The molecular formula is C34H36ClFN2O5S. The smallest absolute Gasteiger partial charge is 0.306 e. The van der Waals surface area contributed by atoms with Crippen LogP contribution in [-0.2, 0) is 26.0 Å². The van der Waals surface area contributed by atoms with Crippen LogP contribution in [0.1, 0.15) is 54.9 Å². The Labute approximate surface area is 263 Å². The fourth-order valence-corrected chi connectivity index (χ4v) is 8.15. The number of aryl methyl sites for hydroxylation is 1. The fraction of sp³-hybridized carbons (Fsp3) is 0.353. The monoisotopic (exact) mass is 638 g/mol. The number of aliphatic carboxylic acids is 1. The molecule has 1 atom stereocenters. The van der Waals surface area contributed by atoms with Crippen LogP contribution in [-0.4, -0.2) is 49.9 Å². The first-order chi connectivity index (χ1) is 20.9. The molecule has 0 radical (unpaired) electrons. The van der Waals surface area contributed by atoms with Crippen molar-refractivity contribution in [2.75, 3.05) is 23.9 Å². The van der Waals surface area contributed by atoms with E-state index in [4.69, 9.17) is 11.6 Å². The van der Waals surface area contributed by atoms with Gasteiger partial charge in [-0.3, -0.25) is 13.9 Å². The van der Waals surface area contributed by atoms with E-state index in [0.29, 0.717) is 66.2 Å². The summed E-state index contributed by atoms with van der Waals surface area (Å²) < 4.78 is 44.2. The van der Waals surface area contributed by atoms with Crippen molar-refractivity contribution in [1.29, 1.82) is 0 Å². The first-order valence-corrected chi connectivity index (χ1v) is 16.6. The molecule has 0 unspecified atom stereocenters. The second-order valence-electron chi connectivity index (χ2n) is 11.8. The van der Waals surface area contributed by atoms with Gasteiger partial charge in [0, 0.05) is 31.6 Å². The molecule has 0 saturated carbocycles. The number of nitrogens with zero attached hydrogens (tertiary/aromatic N) is 2. The number of piperidine rings is 1. The molecule has 10 heteroatoms. The molecular weight excluding hydrogens is 603 g/mol. The maximum Gasteiger partial charge on any atom is 0.306 e. The number of halogens is 2. The zero-order chi connectivity index (χ0) is 31.6. The first kappa shape index (κ1) is 31.7. The van der Waals surface area contributed by atoms with E-state index in [-0.39, 0.29) is 29.7 Å². The Kier molecular flexibility index (Phi) is 9.46. The molecule has 0 aromatic heterocycles. The van der Waals surface area contributed by atoms with Crippen molar-refractivity contribution in [3.05, 3.63) is 93.8 Å². The third kappa shape index (κ3) is 6.84. The Morgan fingerprint density at radius 1 is 1.07 bits per heavy atom. The number of amides is 1. The second kappa shape index (κ2) is 13.1. The van der Waals surface area contributed by atoms with Crippen molar-refractivity contribution < 1.29 is 27.5 Å². The lowest BCUT2D eigenvalue weighted by Gasteiger charge is -2.36. The standard InChI is InChI=1S/C34H36ClFN2O5S/c1-22-5-3-6-28(17-22)44(42,43)38-21-25(10-12-32(39)37-15-13-26(14-16-37)34(40)41)19-27-11-9-24(20-31(27)38)18-23(2)33-29(35)7-4-8-30(33)36/h3-9,11,17-18,20,25-26H,10,12-16,19,21H2,1-2H3,(H,40,41)/b23-18+/t25-/m1/s1. The van der Waals surface area contributed by atoms with Crippen LogP contribution in [0.15, 0.2) is 65.6 Å². The van der Waals surface area contributed by atoms with Gasteiger partial charge in [0.15, 0.2) is 0 Å². The molecule has 3 aromatic rings. The second-order valence-corrected chi connectivity index (χ2v) is 14.0. The van der Waals surface area contributed by atoms with Crippen LogP contribution >= 0.6 is 11.6 Å². The van der Waals surface area contributed by atoms with E-state index in [1.165, 1.54) is 10.4 Å². The molecule has 1 amide bonds. The van der Waals surface area contributed by atoms with Gasteiger partial charge in [-0.25, -0.2) is 12.8 Å². The number of likely N-dealkylation sites (tertiary alicyclic amines) is 1. The fourth-order valence-electron chi connectivity index (χ4n) is 6.17. The number of allylic oxidation sites excluding steroid dienone is 1. The average molecular weight is 639 g/mol. The largest absolute Gasteiger partial charge is 0.481 e. The molecule has 1 N–H and O–H groups in total. The number of hydrogen-bond acceptors (Lipinski definition) is 4. The molecule has 1 saturated heterocycles. The molecule has 3 aromatic carbocycles. The number of carbonyl (C=O) groups excluding carboxylic acids is 1. The highest BCUT2D eigenvalue weighted by molar-refractivity contribution is 7.92. The number of benzene rings is 3. The van der Waals surface area contributed by atoms with Crippen LogP contribution in [0.4, 0.5) is 10.1 Å². The van der Waals surface area contributed by atoms with E-state index in [9.17, 15) is 27.5 Å². The lowest BCUT2D eigenvalue weighted by atomic mass is 9.89. The van der Waals surface area contributed by atoms with E-state index < -0.39 is 27.7 Å². The van der Waals surface area contributed by atoms with Crippen molar-refractivity contribution >= 4 is 50.8 Å². The van der Waals surface area contributed by atoms with E-state index in [1.807, 2.05) is 31.2 Å². The quantitative estimate of drug-likeness (QED) is 0.273. The molecule has 1 fully saturated rings. The minimum absolute atomic E-state index is 0.0320. The van der Waals surface area contributed by atoms with E-state index >= 15 is 0 Å². The number of carboxylic acid groups (broad SMARTS) is 1. The number of fused-ring (bicyclic) bond motifs is 1. The number of rotatable bonds is 8. The lowest BCUT2D eigenvalue weighted by Crippen LogP contribution is -2.42. The molecule has 232 valence electrons. The molecule has 44 heavy (non-hydrogen) atoms. The Balaban J connectivity index is 1.42. The lowest BCUT2D eigenvalue weighted by molar-refractivity contribution is -0.145. The van der Waals surface area contributed by atoms with Crippen molar-refractivity contribution in [1.82, 2.24) is 4.90 Å². The molecule has 7 nitrogen and oxygen atoms in total. The normalized spacial score (nSPS) is 17.8. The van der Waals surface area contributed by atoms with E-state index in [1.54, 1.807) is 48.2 Å². The van der Waals surface area contributed by atoms with Gasteiger partial charge in [-0.15, -0.1) is 0 Å². The molecule has 0 bridgehead atoms. The van der Waals surface area contributed by atoms with E-state index in [0.717, 1.165) is 11.1 Å². The maximum absolute atomic E-state index is 14.6. The highest BCUT2D eigenvalue weighted by Crippen LogP contribution is 2.38. The Hall–Kier alpha value is -3.69. The predicted molar refractivity (Wildman–Crippen MR) is 170 cm³/mol. The van der Waals surface area contributed by atoms with Crippen LogP contribution < -0.4 is 4.31 Å². The van der Waals surface area contributed by atoms with Crippen molar-refractivity contribution in [3.8, 4) is 0 Å². The predicted octanol–water partition coefficient (Wildman–Crippen LogP) is 6.82. The van der Waals surface area contributed by atoms with Gasteiger partial charge in [0.1, 0.15) is 5.82 Å². The van der Waals surface area contributed by atoms with Gasteiger partial charge in [-0.05, 0) is 98.0 Å². The SMILES string of the molecule is C/C(=C\c1ccc2c(c1)N(S(=O)(=O)c1cccc(C)c1)C[C@H](CCC(=O)N1CCC(C(=O)O)CC1)C2)c1c(F)cccc1Cl. The van der Waals surface area contributed by atoms with Gasteiger partial charge in [0.25, 0.3) is 10.0 Å². The summed E-state index contributed by atoms with van der Waals surface area (Å²) in [6.07, 6.45) is 4.05. The van der Waals surface area contributed by atoms with Crippen molar-refractivity contribution in [3.63, 3.8) is 0 Å². The third-order valence-electron chi connectivity index (χ3n) is 8.59. The summed E-state index contributed by atoms with van der Waals surface area (Å²) in [4.78, 5) is 26.2. The van der Waals surface area contributed by atoms with Crippen LogP contribution in [0.25, 0.3) is 11.6 Å². The van der Waals surface area contributed by atoms with Crippen LogP contribution in [0.3, 0.4) is 0 Å². The number of carboxylic acids is 1. The topological polar surface area (TPSA) is 95.0 Å². The number of hydrogen-bond donors (Lipinski definition) is 1. The number of anilines is 1. The molecule has 2 aliphatic heterocycles. The Morgan fingerprint density at radius 3 is 2.48 bits per heavy atom. The Bertz CT molecular complexity index is 1700. The van der Waals surface area contributed by atoms with Crippen LogP contribution in [0, 0.1) is 24.6 Å². The van der Waals surface area contributed by atoms with Crippen LogP contribution in [0.2, 0.25) is 5.02 Å². The van der Waals surface area contributed by atoms with Gasteiger partial charge >= 0.3 is 5.97 Å². The minimum atomic E-state index is -3.93. The minimum Gasteiger partial charge on any atom is -0.481 e. The highest BCUT2D eigenvalue weighted by Gasteiger charge is 2.34. The highest BCUT2D eigenvalue weighted by atomic mass is 35.5. The summed E-state index contributed by atoms with van der Waals surface area (Å²) in [6, 6.07) is 16.9. The zero-order valence-corrected chi connectivity index (χ0v) is 26.4. The summed E-state index contributed by atoms with van der Waals surface area (Å²) in [5.41, 5.74) is 3.86. The summed E-state index contributed by atoms with van der Waals surface area (Å²) >= 11 is 6.29. The van der Waals surface area contributed by atoms with Gasteiger partial charge < -0.3 is 10.0 Å². The molecule has 5 rings (SSSR count). The van der Waals surface area contributed by atoms with E-state index in [2.05, 4.69) is 0 Å². The van der Waals surface area contributed by atoms with Gasteiger partial charge in [0.05, 0.1) is 21.5 Å². The summed E-state index contributed by atoms with van der Waals surface area (Å²) in [5, 5.41) is 9.55. The number of sulfonamides is 1. The van der Waals surface area contributed by atoms with Crippen LogP contribution in [0.5, 0.6) is 0 Å². The zero-order valence-electron chi connectivity index (χ0n) is 24.8. The Morgan fingerprint density at radius 2 is 1.80 bits per heavy atom. The van der Waals surface area contributed by atoms with Gasteiger partial charge in [-0.1, -0.05) is 48.0 Å². The molecule has 2 aliphatic rings. The third-order valence-corrected chi connectivity index (χ3v) is 10.7. The average Bonchev–Trinajstić information content (AvgIpc) is 2.99. The number of carbonyl (C=O) groups is 2. The summed E-state index contributed by atoms with van der Waals surface area (Å²) in [5.74, 6) is -1.80. The van der Waals surface area contributed by atoms with Crippen molar-refractivity contribution in [2.24, 2.45) is 11.8 Å². The first-order valence-electron chi connectivity index (χ1n) is 14.8. The summed E-state index contributed by atoms with van der Waals surface area (Å²) in [6.45, 7) is 4.66. The molecule has 2 heterocycles. The van der Waals surface area contributed by atoms with Gasteiger partial charge in [0.2, 0.25) is 5.91 Å². The summed E-state index contributed by atoms with van der Waals surface area (Å²) in [7, 11) is -3.93.